The molecule has 0 aromatic carbocycles. The molecule has 0 rings (SSSR count). The molecule has 0 aliphatic heterocycles. The van der Waals surface area contributed by atoms with Crippen LogP contribution in [0.15, 0.2) is 12.7 Å². The highest BCUT2D eigenvalue weighted by atomic mass is 16.5. The molecule has 0 radical (unpaired) electrons. The Kier molecular flexibility index (Phi) is 78.9. The molecule has 0 aliphatic rings. The number of ether oxygens (including phenoxy) is 5. The smallest absolute Gasteiger partial charge is 0.329 e. The first-order chi connectivity index (χ1) is 34.0. The van der Waals surface area contributed by atoms with E-state index in [0.717, 1.165) is 117 Å². The number of hydrogen-bond acceptors (Lipinski definition) is 19. The number of rotatable bonds is 43. The monoisotopic (exact) mass is 1030 g/mol. The van der Waals surface area contributed by atoms with Crippen LogP contribution in [0.2, 0.25) is 0 Å². The van der Waals surface area contributed by atoms with Gasteiger partial charge in [-0.1, -0.05) is 39.7 Å². The lowest BCUT2D eigenvalue weighted by Crippen LogP contribution is -2.27. The van der Waals surface area contributed by atoms with Crippen LogP contribution in [0.5, 0.6) is 0 Å². The number of aliphatic hydroxyl groups excluding tert-OH is 1. The highest BCUT2D eigenvalue weighted by Crippen LogP contribution is 2.11. The van der Waals surface area contributed by atoms with Crippen LogP contribution in [0, 0.1) is 11.8 Å². The van der Waals surface area contributed by atoms with Gasteiger partial charge in [-0.25, -0.2) is 4.79 Å². The van der Waals surface area contributed by atoms with E-state index in [1.807, 2.05) is 27.7 Å². The fraction of sp³-hybridized carbons (Fsp3) is 0.904. The molecule has 0 aromatic heterocycles. The largest absolute Gasteiger partial charge is 0.469 e. The summed E-state index contributed by atoms with van der Waals surface area (Å²) in [7, 11) is 3.72. The zero-order valence-corrected chi connectivity index (χ0v) is 47.1. The highest BCUT2D eigenvalue weighted by Gasteiger charge is 2.08. The van der Waals surface area contributed by atoms with Crippen molar-refractivity contribution >= 4 is 17.7 Å². The van der Waals surface area contributed by atoms with E-state index < -0.39 is 5.97 Å². The van der Waals surface area contributed by atoms with Gasteiger partial charge in [0.2, 0.25) is 0 Å². The molecule has 19 heteroatoms. The SMILES string of the molecule is C=CC(=O)OC.CC(N)COCC(C)CCCC(=O)CCCNCCCCCNCCN.CC(N)COCC(C)N.CO.COC(=O)CCCC(C)COCC(C)N.NCCCCCNCCCCCN. The van der Waals surface area contributed by atoms with Gasteiger partial charge >= 0.3 is 11.9 Å². The number of methoxy groups -OCH3 is 2. The van der Waals surface area contributed by atoms with Crippen LogP contribution in [0.3, 0.4) is 0 Å². The Labute approximate surface area is 435 Å². The summed E-state index contributed by atoms with van der Waals surface area (Å²) in [6.07, 6.45) is 18.8. The maximum Gasteiger partial charge on any atom is 0.329 e. The summed E-state index contributed by atoms with van der Waals surface area (Å²) in [5.74, 6) is 0.817. The molecule has 0 bridgehead atoms. The number of Topliss-reactive ketones (excluding diaryl/α,β-unsaturated/α-hetero) is 1. The Morgan fingerprint density at radius 2 is 0.803 bits per heavy atom. The molecule has 0 saturated heterocycles. The fourth-order valence-corrected chi connectivity index (χ4v) is 5.78. The van der Waals surface area contributed by atoms with E-state index >= 15 is 0 Å². The Balaban J connectivity index is -0.000000200. The number of carbonyl (C=O) groups excluding carboxylic acids is 3. The van der Waals surface area contributed by atoms with Gasteiger partial charge in [0.25, 0.3) is 0 Å². The summed E-state index contributed by atoms with van der Waals surface area (Å²) in [4.78, 5) is 32.6. The van der Waals surface area contributed by atoms with Crippen molar-refractivity contribution in [1.82, 2.24) is 16.0 Å². The van der Waals surface area contributed by atoms with Crippen molar-refractivity contribution in [2.24, 2.45) is 52.0 Å². The molecule has 0 aromatic rings. The number of unbranched alkanes of at least 4 members (excludes halogenated alkanes) is 6. The predicted octanol–water partition coefficient (Wildman–Crippen LogP) is 3.63. The van der Waals surface area contributed by atoms with Gasteiger partial charge in [-0.3, -0.25) is 9.59 Å². The summed E-state index contributed by atoms with van der Waals surface area (Å²) in [6, 6.07) is 0.412. The molecule has 0 saturated carbocycles. The Bertz CT molecular complexity index is 1030. The molecular formula is C52H118N10O9. The van der Waals surface area contributed by atoms with Gasteiger partial charge in [-0.05, 0) is 156 Å². The molecule has 71 heavy (non-hydrogen) atoms. The Morgan fingerprint density at radius 1 is 0.465 bits per heavy atom. The summed E-state index contributed by atoms with van der Waals surface area (Å²) in [6.45, 7) is 27.6. The first kappa shape index (κ1) is 80.2. The van der Waals surface area contributed by atoms with Gasteiger partial charge in [0.15, 0.2) is 0 Å². The first-order valence-electron chi connectivity index (χ1n) is 26.7. The highest BCUT2D eigenvalue weighted by molar-refractivity contribution is 5.81. The van der Waals surface area contributed by atoms with E-state index in [4.69, 9.17) is 59.5 Å². The molecule has 430 valence electrons. The maximum absolute atomic E-state index is 11.9. The van der Waals surface area contributed by atoms with Crippen molar-refractivity contribution < 1.29 is 43.2 Å². The van der Waals surface area contributed by atoms with Crippen molar-refractivity contribution in [1.29, 1.82) is 0 Å². The van der Waals surface area contributed by atoms with Crippen LogP contribution < -0.4 is 56.1 Å². The number of nitrogens with two attached hydrogens (primary N) is 7. The molecule has 6 unspecified atom stereocenters. The quantitative estimate of drug-likeness (QED) is 0.0236. The summed E-state index contributed by atoms with van der Waals surface area (Å²) in [5, 5.41) is 17.2. The van der Waals surface area contributed by atoms with Crippen LogP contribution in [0.4, 0.5) is 0 Å². The lowest BCUT2D eigenvalue weighted by Gasteiger charge is -2.13. The average Bonchev–Trinajstić information content (AvgIpc) is 3.33. The molecule has 0 fully saturated rings. The molecular weight excluding hydrogens is 909 g/mol. The second-order valence-electron chi connectivity index (χ2n) is 18.3. The fourth-order valence-electron chi connectivity index (χ4n) is 5.78. The minimum atomic E-state index is -0.394. The van der Waals surface area contributed by atoms with Gasteiger partial charge in [0.1, 0.15) is 5.78 Å². The van der Waals surface area contributed by atoms with Crippen molar-refractivity contribution in [2.75, 3.05) is 120 Å². The molecule has 0 spiro atoms. The van der Waals surface area contributed by atoms with Crippen LogP contribution in [-0.4, -0.2) is 167 Å². The van der Waals surface area contributed by atoms with Gasteiger partial charge in [-0.15, -0.1) is 0 Å². The molecule has 0 heterocycles. The zero-order valence-electron chi connectivity index (χ0n) is 47.1. The standard InChI is InChI=1S/C20H44N4O2.C11H23NO3.C10H25N3.C6H16N2O.C4H6O2.CH4O/c1-18(16-26-17-19(2)22)8-6-9-20(25)10-7-14-23-12-4-3-5-13-24-15-11-21;1-9(7-15-8-10(2)12)5-4-6-11(13)14-3;11-7-3-1-5-9-13-10-6-2-4-8-12;1-5(7)3-9-4-6(2)8;1-3-4(5)6-2;1-2/h18-19,23-24H,3-17,21-22H2,1-2H3;9-10H,4-8,12H2,1-3H3;13H,1-12H2;5-6H,3-4,7-8H2,1-2H3;3H,1H2,2H3;2H,1H3. The summed E-state index contributed by atoms with van der Waals surface area (Å²) in [5.41, 5.74) is 38.2. The lowest BCUT2D eigenvalue weighted by molar-refractivity contribution is -0.140. The van der Waals surface area contributed by atoms with Crippen molar-refractivity contribution in [2.45, 2.75) is 175 Å². The first-order valence-corrected chi connectivity index (χ1v) is 26.7. The molecule has 6 atom stereocenters. The van der Waals surface area contributed by atoms with Gasteiger partial charge in [0, 0.05) is 82.9 Å². The Hall–Kier alpha value is -2.21. The van der Waals surface area contributed by atoms with E-state index in [1.54, 1.807) is 0 Å². The third kappa shape index (κ3) is 91.0. The summed E-state index contributed by atoms with van der Waals surface area (Å²) < 4.78 is 24.7. The van der Waals surface area contributed by atoms with Crippen molar-refractivity contribution in [3.8, 4) is 0 Å². The van der Waals surface area contributed by atoms with E-state index in [9.17, 15) is 14.4 Å². The van der Waals surface area contributed by atoms with E-state index in [-0.39, 0.29) is 30.1 Å². The minimum absolute atomic E-state index is 0.0901. The Morgan fingerprint density at radius 3 is 1.13 bits per heavy atom. The predicted molar refractivity (Wildman–Crippen MR) is 297 cm³/mol. The normalized spacial score (nSPS) is 12.9. The van der Waals surface area contributed by atoms with Crippen LogP contribution in [0.1, 0.15) is 151 Å². The topological polar surface area (TPSA) is 336 Å². The average molecular weight is 1030 g/mol. The van der Waals surface area contributed by atoms with Crippen molar-refractivity contribution in [3.63, 3.8) is 0 Å². The maximum atomic E-state index is 11.9. The summed E-state index contributed by atoms with van der Waals surface area (Å²) >= 11 is 0. The molecule has 19 nitrogen and oxygen atoms in total. The number of esters is 2. The van der Waals surface area contributed by atoms with Crippen LogP contribution >= 0.6 is 0 Å². The third-order valence-corrected chi connectivity index (χ3v) is 9.61. The molecule has 0 amide bonds. The number of carbonyl (C=O) groups is 3. The van der Waals surface area contributed by atoms with Gasteiger partial charge in [-0.2, -0.15) is 0 Å². The van der Waals surface area contributed by atoms with Crippen molar-refractivity contribution in [3.05, 3.63) is 12.7 Å². The molecule has 18 N–H and O–H groups in total. The second kappa shape index (κ2) is 69.9. The number of nitrogens with one attached hydrogen (secondary N) is 3. The van der Waals surface area contributed by atoms with Crippen LogP contribution in [-0.2, 0) is 38.1 Å². The van der Waals surface area contributed by atoms with E-state index in [2.05, 4.69) is 45.9 Å². The number of ketones is 1. The van der Waals surface area contributed by atoms with E-state index in [0.29, 0.717) is 76.5 Å². The van der Waals surface area contributed by atoms with Gasteiger partial charge < -0.3 is 84.9 Å². The zero-order chi connectivity index (χ0) is 55.2. The lowest BCUT2D eigenvalue weighted by atomic mass is 10.0. The van der Waals surface area contributed by atoms with Gasteiger partial charge in [0.05, 0.1) is 40.6 Å². The number of hydrogen-bond donors (Lipinski definition) is 11. The third-order valence-electron chi connectivity index (χ3n) is 9.61. The molecule has 0 aliphatic carbocycles. The minimum Gasteiger partial charge on any atom is -0.469 e. The number of aliphatic hydroxyl groups is 1. The van der Waals surface area contributed by atoms with Crippen LogP contribution in [0.25, 0.3) is 0 Å². The van der Waals surface area contributed by atoms with E-state index in [1.165, 1.54) is 59.2 Å². The second-order valence-corrected chi connectivity index (χ2v) is 18.3.